The van der Waals surface area contributed by atoms with E-state index in [1.54, 1.807) is 36.6 Å². The minimum atomic E-state index is -3.62. The van der Waals surface area contributed by atoms with Gasteiger partial charge in [0.1, 0.15) is 28.0 Å². The van der Waals surface area contributed by atoms with Crippen LogP contribution in [0, 0.1) is 6.92 Å². The molecule has 0 spiro atoms. The van der Waals surface area contributed by atoms with Gasteiger partial charge in [-0.15, -0.1) is 11.3 Å². The Morgan fingerprint density at radius 2 is 1.47 bits per heavy atom. The van der Waals surface area contributed by atoms with E-state index in [9.17, 15) is 18.0 Å². The van der Waals surface area contributed by atoms with Crippen LogP contribution in [0.4, 0.5) is 0 Å². The molecule has 1 aromatic heterocycles. The van der Waals surface area contributed by atoms with Crippen LogP contribution in [0.15, 0.2) is 78.2 Å². The van der Waals surface area contributed by atoms with Crippen LogP contribution >= 0.6 is 11.3 Å². The third-order valence-corrected chi connectivity index (χ3v) is 9.44. The normalized spacial score (nSPS) is 11.2. The van der Waals surface area contributed by atoms with E-state index in [4.69, 9.17) is 9.47 Å². The molecule has 0 bridgehead atoms. The average molecular weight is 621 g/mol. The van der Waals surface area contributed by atoms with Gasteiger partial charge in [0, 0.05) is 23.1 Å². The number of carbonyl (C=O) groups is 2. The van der Waals surface area contributed by atoms with Gasteiger partial charge in [-0.05, 0) is 49.4 Å². The number of Topliss-reactive ketones (excluding diaryl/α,β-unsaturated/α-hetero) is 1. The highest BCUT2D eigenvalue weighted by molar-refractivity contribution is 7.92. The number of carbonyl (C=O) groups excluding carboxylic acids is 2. The lowest BCUT2D eigenvalue weighted by Crippen LogP contribution is -2.32. The Bertz CT molecular complexity index is 1610. The van der Waals surface area contributed by atoms with Crippen LogP contribution in [0.2, 0.25) is 0 Å². The lowest BCUT2D eigenvalue weighted by molar-refractivity contribution is 0.0740. The van der Waals surface area contributed by atoms with Crippen molar-refractivity contribution in [3.8, 4) is 11.5 Å². The van der Waals surface area contributed by atoms with Crippen molar-refractivity contribution >= 4 is 32.9 Å². The molecule has 0 aliphatic rings. The first kappa shape index (κ1) is 31.9. The number of ether oxygens (including phenoxy) is 2. The first-order valence-electron chi connectivity index (χ1n) is 14.0. The van der Waals surface area contributed by atoms with Gasteiger partial charge in [-0.25, -0.2) is 13.4 Å². The largest absolute Gasteiger partial charge is 0.496 e. The Morgan fingerprint density at radius 1 is 0.884 bits per heavy atom. The van der Waals surface area contributed by atoms with E-state index in [-0.39, 0.29) is 23.9 Å². The number of hydrogen-bond donors (Lipinski definition) is 0. The SMILES string of the molecule is COc1cc(C(=O)N(CCCc2ccccc2)Cc2nc(C(=O)CS(=O)(=O)CCc3ccccc3)cs2)cc(OC)c1C. The number of thiazole rings is 1. The van der Waals surface area contributed by atoms with Crippen molar-refractivity contribution in [1.82, 2.24) is 9.88 Å². The summed E-state index contributed by atoms with van der Waals surface area (Å²) in [6, 6.07) is 22.7. The molecule has 4 rings (SSSR count). The van der Waals surface area contributed by atoms with Gasteiger partial charge in [0.05, 0.1) is 26.5 Å². The summed E-state index contributed by atoms with van der Waals surface area (Å²) in [6.07, 6.45) is 1.84. The van der Waals surface area contributed by atoms with Crippen molar-refractivity contribution in [1.29, 1.82) is 0 Å². The highest BCUT2D eigenvalue weighted by Crippen LogP contribution is 2.30. The maximum absolute atomic E-state index is 13.8. The average Bonchev–Trinajstić information content (AvgIpc) is 3.49. The molecule has 0 N–H and O–H groups in total. The molecule has 43 heavy (non-hydrogen) atoms. The summed E-state index contributed by atoms with van der Waals surface area (Å²) < 4.78 is 36.3. The zero-order valence-electron chi connectivity index (χ0n) is 24.6. The van der Waals surface area contributed by atoms with E-state index in [1.807, 2.05) is 55.5 Å². The molecule has 4 aromatic rings. The van der Waals surface area contributed by atoms with E-state index in [1.165, 1.54) is 16.9 Å². The zero-order valence-corrected chi connectivity index (χ0v) is 26.2. The molecule has 0 saturated heterocycles. The number of amides is 1. The number of sulfone groups is 1. The maximum atomic E-state index is 13.8. The number of rotatable bonds is 15. The van der Waals surface area contributed by atoms with Gasteiger partial charge in [-0.3, -0.25) is 9.59 Å². The third kappa shape index (κ3) is 8.98. The molecule has 0 aliphatic carbocycles. The number of aryl methyl sites for hydroxylation is 2. The minimum absolute atomic E-state index is 0.0960. The maximum Gasteiger partial charge on any atom is 0.254 e. The predicted octanol–water partition coefficient (Wildman–Crippen LogP) is 5.58. The molecule has 0 aliphatic heterocycles. The fourth-order valence-corrected chi connectivity index (χ4v) is 6.75. The standard InChI is InChI=1S/C33H36N2O6S2/c1-24-30(40-2)19-27(20-31(24)41-3)33(37)35(17-10-15-25-11-6-4-7-12-25)21-32-34-28(22-42-32)29(36)23-43(38,39)18-16-26-13-8-5-9-14-26/h4-9,11-14,19-20,22H,10,15-18,21,23H2,1-3H3. The fraction of sp³-hybridized carbons (Fsp3) is 0.303. The molecule has 0 fully saturated rings. The van der Waals surface area contributed by atoms with Crippen LogP contribution < -0.4 is 9.47 Å². The molecule has 0 unspecified atom stereocenters. The molecule has 226 valence electrons. The topological polar surface area (TPSA) is 103 Å². The monoisotopic (exact) mass is 620 g/mol. The molecule has 10 heteroatoms. The summed E-state index contributed by atoms with van der Waals surface area (Å²) in [4.78, 5) is 32.8. The minimum Gasteiger partial charge on any atom is -0.496 e. The molecule has 1 heterocycles. The summed E-state index contributed by atoms with van der Waals surface area (Å²) in [6.45, 7) is 2.48. The van der Waals surface area contributed by atoms with Crippen LogP contribution in [0.25, 0.3) is 0 Å². The summed E-state index contributed by atoms with van der Waals surface area (Å²) in [5, 5.41) is 2.11. The van der Waals surface area contributed by atoms with Crippen LogP contribution in [0.1, 0.15) is 49.0 Å². The number of hydrogen-bond acceptors (Lipinski definition) is 8. The Kier molecular flexibility index (Phi) is 11.1. The van der Waals surface area contributed by atoms with Gasteiger partial charge in [-0.2, -0.15) is 0 Å². The van der Waals surface area contributed by atoms with Gasteiger partial charge in [0.2, 0.25) is 0 Å². The Hall–Kier alpha value is -4.02. The van der Waals surface area contributed by atoms with Crippen molar-refractivity contribution in [2.24, 2.45) is 0 Å². The smallest absolute Gasteiger partial charge is 0.254 e. The first-order chi connectivity index (χ1) is 20.7. The molecule has 0 saturated carbocycles. The summed E-state index contributed by atoms with van der Waals surface area (Å²) >= 11 is 1.23. The van der Waals surface area contributed by atoms with Crippen LogP contribution in [0.5, 0.6) is 11.5 Å². The lowest BCUT2D eigenvalue weighted by atomic mass is 10.1. The number of methoxy groups -OCH3 is 2. The van der Waals surface area contributed by atoms with Gasteiger partial charge in [0.25, 0.3) is 5.91 Å². The third-order valence-electron chi connectivity index (χ3n) is 7.08. The summed E-state index contributed by atoms with van der Waals surface area (Å²) in [7, 11) is -0.528. The Labute approximate surface area is 257 Å². The number of nitrogens with zero attached hydrogens (tertiary/aromatic N) is 2. The summed E-state index contributed by atoms with van der Waals surface area (Å²) in [5.74, 6) is -0.412. The molecule has 8 nitrogen and oxygen atoms in total. The van der Waals surface area contributed by atoms with Gasteiger partial charge in [-0.1, -0.05) is 60.7 Å². The van der Waals surface area contributed by atoms with E-state index >= 15 is 0 Å². The van der Waals surface area contributed by atoms with E-state index in [2.05, 4.69) is 17.1 Å². The van der Waals surface area contributed by atoms with Crippen molar-refractivity contribution < 1.29 is 27.5 Å². The number of benzene rings is 3. The van der Waals surface area contributed by atoms with Gasteiger partial charge in [0.15, 0.2) is 15.6 Å². The van der Waals surface area contributed by atoms with Crippen molar-refractivity contribution in [2.45, 2.75) is 32.7 Å². The lowest BCUT2D eigenvalue weighted by Gasteiger charge is -2.23. The molecular formula is C33H36N2O6S2. The van der Waals surface area contributed by atoms with E-state index in [0.29, 0.717) is 41.5 Å². The Balaban J connectivity index is 1.48. The highest BCUT2D eigenvalue weighted by atomic mass is 32.2. The summed E-state index contributed by atoms with van der Waals surface area (Å²) in [5.41, 5.74) is 3.37. The second-order valence-electron chi connectivity index (χ2n) is 10.2. The molecule has 3 aromatic carbocycles. The Morgan fingerprint density at radius 3 is 2.05 bits per heavy atom. The second-order valence-corrected chi connectivity index (χ2v) is 13.3. The van der Waals surface area contributed by atoms with Crippen molar-refractivity contribution in [3.05, 3.63) is 111 Å². The predicted molar refractivity (Wildman–Crippen MR) is 169 cm³/mol. The van der Waals surface area contributed by atoms with Gasteiger partial charge >= 0.3 is 0 Å². The highest BCUT2D eigenvalue weighted by Gasteiger charge is 2.23. The number of aromatic nitrogens is 1. The first-order valence-corrected chi connectivity index (χ1v) is 16.7. The zero-order chi connectivity index (χ0) is 30.8. The van der Waals surface area contributed by atoms with Crippen LogP contribution in [-0.4, -0.2) is 62.3 Å². The van der Waals surface area contributed by atoms with Gasteiger partial charge < -0.3 is 14.4 Å². The fourth-order valence-electron chi connectivity index (χ4n) is 4.70. The van der Waals surface area contributed by atoms with E-state index < -0.39 is 21.4 Å². The molecule has 0 atom stereocenters. The molecular weight excluding hydrogens is 585 g/mol. The van der Waals surface area contributed by atoms with Crippen LogP contribution in [-0.2, 0) is 29.2 Å². The van der Waals surface area contributed by atoms with E-state index in [0.717, 1.165) is 17.5 Å². The quantitative estimate of drug-likeness (QED) is 0.160. The van der Waals surface area contributed by atoms with Crippen LogP contribution in [0.3, 0.4) is 0 Å². The second kappa shape index (κ2) is 14.9. The number of ketones is 1. The van der Waals surface area contributed by atoms with Crippen molar-refractivity contribution in [2.75, 3.05) is 32.3 Å². The molecule has 0 radical (unpaired) electrons. The molecule has 1 amide bonds. The van der Waals surface area contributed by atoms with Crippen molar-refractivity contribution in [3.63, 3.8) is 0 Å².